The van der Waals surface area contributed by atoms with Crippen LogP contribution in [0, 0.1) is 19.8 Å². The van der Waals surface area contributed by atoms with Gasteiger partial charge in [0.1, 0.15) is 0 Å². The summed E-state index contributed by atoms with van der Waals surface area (Å²) in [6.45, 7) is 5.82. The van der Waals surface area contributed by atoms with Crippen molar-refractivity contribution in [2.75, 3.05) is 23.2 Å². The number of hydrazine groups is 1. The average Bonchev–Trinajstić information content (AvgIpc) is 3.18. The fourth-order valence-electron chi connectivity index (χ4n) is 3.44. The van der Waals surface area contributed by atoms with Gasteiger partial charge in [-0.2, -0.15) is 0 Å². The molecule has 31 heavy (non-hydrogen) atoms. The van der Waals surface area contributed by atoms with Gasteiger partial charge in [-0.15, -0.1) is 0 Å². The zero-order chi connectivity index (χ0) is 22.6. The van der Waals surface area contributed by atoms with E-state index < -0.39 is 33.2 Å². The number of carbonyl (C=O) groups excluding carboxylic acids is 2. The van der Waals surface area contributed by atoms with Crippen molar-refractivity contribution < 1.29 is 22.7 Å². The first-order chi connectivity index (χ1) is 14.7. The number of nitrogens with one attached hydrogen (secondary N) is 4. The summed E-state index contributed by atoms with van der Waals surface area (Å²) in [6.07, 6.45) is 0. The minimum absolute atomic E-state index is 0.127. The van der Waals surface area contributed by atoms with Gasteiger partial charge in [0.2, 0.25) is 5.91 Å². The fourth-order valence-corrected chi connectivity index (χ4v) is 4.90. The Labute approximate surface area is 181 Å². The molecule has 4 N–H and O–H groups in total. The van der Waals surface area contributed by atoms with Gasteiger partial charge >= 0.3 is 5.97 Å². The number of rotatable bonds is 7. The van der Waals surface area contributed by atoms with Crippen molar-refractivity contribution in [2.45, 2.75) is 26.1 Å². The molecule has 2 aromatic carbocycles. The van der Waals surface area contributed by atoms with Crippen LogP contribution in [0.5, 0.6) is 0 Å². The van der Waals surface area contributed by atoms with Gasteiger partial charge in [0.25, 0.3) is 10.0 Å². The second-order valence-corrected chi connectivity index (χ2v) is 9.17. The van der Waals surface area contributed by atoms with Gasteiger partial charge in [-0.1, -0.05) is 12.1 Å². The highest BCUT2D eigenvalue weighted by Crippen LogP contribution is 2.22. The molecule has 1 fully saturated rings. The average molecular weight is 447 g/mol. The Bertz CT molecular complexity index is 1070. The van der Waals surface area contributed by atoms with E-state index in [2.05, 4.69) is 20.9 Å². The van der Waals surface area contributed by atoms with Crippen molar-refractivity contribution in [1.29, 1.82) is 0 Å². The summed E-state index contributed by atoms with van der Waals surface area (Å²) >= 11 is 0. The van der Waals surface area contributed by atoms with Crippen LogP contribution in [-0.2, 0) is 19.6 Å². The monoisotopic (exact) mass is 446 g/mol. The van der Waals surface area contributed by atoms with Crippen LogP contribution in [0.1, 0.15) is 28.4 Å². The lowest BCUT2D eigenvalue weighted by atomic mass is 10.1. The number of aryl methyl sites for hydroxylation is 2. The highest BCUT2D eigenvalue weighted by Gasteiger charge is 2.42. The van der Waals surface area contributed by atoms with E-state index >= 15 is 0 Å². The molecule has 2 atom stereocenters. The van der Waals surface area contributed by atoms with Crippen LogP contribution in [0.2, 0.25) is 0 Å². The summed E-state index contributed by atoms with van der Waals surface area (Å²) in [7, 11) is -3.92. The van der Waals surface area contributed by atoms with Crippen molar-refractivity contribution in [2.24, 2.45) is 5.92 Å². The van der Waals surface area contributed by atoms with E-state index in [0.717, 1.165) is 11.1 Å². The third-order valence-electron chi connectivity index (χ3n) is 4.73. The first-order valence-corrected chi connectivity index (χ1v) is 11.4. The number of carbonyl (C=O) groups is 2. The van der Waals surface area contributed by atoms with Crippen molar-refractivity contribution >= 4 is 33.3 Å². The molecular weight excluding hydrogens is 420 g/mol. The van der Waals surface area contributed by atoms with Crippen LogP contribution in [0.3, 0.4) is 0 Å². The van der Waals surface area contributed by atoms with Gasteiger partial charge in [-0.05, 0) is 62.2 Å². The number of amides is 1. The predicted octanol–water partition coefficient (Wildman–Crippen LogP) is 1.91. The number of hydrogen-bond acceptors (Lipinski definition) is 7. The Morgan fingerprint density at radius 3 is 2.48 bits per heavy atom. The van der Waals surface area contributed by atoms with E-state index in [4.69, 9.17) is 4.74 Å². The molecule has 166 valence electrons. The lowest BCUT2D eigenvalue weighted by molar-refractivity contribution is -0.119. The summed E-state index contributed by atoms with van der Waals surface area (Å²) in [5, 5.41) is 1.51. The molecule has 2 unspecified atom stereocenters. The van der Waals surface area contributed by atoms with E-state index in [9.17, 15) is 18.0 Å². The first kappa shape index (κ1) is 22.7. The Hall–Kier alpha value is -2.95. The summed E-state index contributed by atoms with van der Waals surface area (Å²) in [5.74, 6) is -1.88. The van der Waals surface area contributed by atoms with Crippen molar-refractivity contribution in [1.82, 2.24) is 10.9 Å². The zero-order valence-corrected chi connectivity index (χ0v) is 18.4. The summed E-state index contributed by atoms with van der Waals surface area (Å²) < 4.78 is 33.4. The molecule has 9 nitrogen and oxygen atoms in total. The summed E-state index contributed by atoms with van der Waals surface area (Å²) in [5.41, 5.74) is 8.37. The van der Waals surface area contributed by atoms with Crippen molar-refractivity contribution in [3.05, 3.63) is 59.2 Å². The minimum Gasteiger partial charge on any atom is -0.462 e. The Morgan fingerprint density at radius 2 is 1.81 bits per heavy atom. The van der Waals surface area contributed by atoms with Gasteiger partial charge in [0.05, 0.1) is 18.1 Å². The lowest BCUT2D eigenvalue weighted by Crippen LogP contribution is -2.45. The zero-order valence-electron chi connectivity index (χ0n) is 17.6. The van der Waals surface area contributed by atoms with Crippen LogP contribution in [0.15, 0.2) is 42.5 Å². The number of anilines is 2. The molecule has 0 saturated carbocycles. The van der Waals surface area contributed by atoms with E-state index in [1.165, 1.54) is 6.07 Å². The van der Waals surface area contributed by atoms with Gasteiger partial charge in [0.15, 0.2) is 5.37 Å². The SMILES string of the molecule is CCOC(=O)c1cccc(NC(=O)C2CNNC2S(=O)(=O)Nc2cc(C)cc(C)c2)c1. The molecule has 3 rings (SSSR count). The predicted molar refractivity (Wildman–Crippen MR) is 118 cm³/mol. The van der Waals surface area contributed by atoms with Crippen LogP contribution >= 0.6 is 0 Å². The molecule has 1 heterocycles. The van der Waals surface area contributed by atoms with E-state index in [1.807, 2.05) is 19.9 Å². The molecule has 0 radical (unpaired) electrons. The molecule has 1 aliphatic rings. The standard InChI is InChI=1S/C21H26N4O5S/c1-4-30-21(27)15-6-5-7-16(11-15)23-19(26)18-12-22-24-20(18)31(28,29)25-17-9-13(2)8-14(3)10-17/h5-11,18,20,22,24-25H,4,12H2,1-3H3,(H,23,26). The molecule has 0 aromatic heterocycles. The summed E-state index contributed by atoms with van der Waals surface area (Å²) in [6, 6.07) is 11.7. The molecule has 10 heteroatoms. The van der Waals surface area contributed by atoms with E-state index in [0.29, 0.717) is 16.9 Å². The minimum atomic E-state index is -3.92. The van der Waals surface area contributed by atoms with Gasteiger partial charge in [-0.3, -0.25) is 14.9 Å². The maximum absolute atomic E-state index is 13.0. The van der Waals surface area contributed by atoms with Gasteiger partial charge in [-0.25, -0.2) is 18.6 Å². The fraction of sp³-hybridized carbons (Fsp3) is 0.333. The maximum Gasteiger partial charge on any atom is 0.338 e. The highest BCUT2D eigenvalue weighted by molar-refractivity contribution is 7.93. The van der Waals surface area contributed by atoms with Crippen LogP contribution < -0.4 is 20.9 Å². The van der Waals surface area contributed by atoms with Gasteiger partial charge in [0, 0.05) is 17.9 Å². The third kappa shape index (κ3) is 5.60. The molecule has 0 aliphatic carbocycles. The Balaban J connectivity index is 1.74. The van der Waals surface area contributed by atoms with E-state index in [1.54, 1.807) is 37.3 Å². The largest absolute Gasteiger partial charge is 0.462 e. The Kier molecular flexibility index (Phi) is 6.94. The molecule has 0 spiro atoms. The number of sulfonamides is 1. The Morgan fingerprint density at radius 1 is 1.10 bits per heavy atom. The molecule has 0 bridgehead atoms. The molecular formula is C21H26N4O5S. The number of esters is 1. The van der Waals surface area contributed by atoms with E-state index in [-0.39, 0.29) is 13.2 Å². The second kappa shape index (κ2) is 9.46. The molecule has 1 amide bonds. The number of hydrogen-bond donors (Lipinski definition) is 4. The van der Waals surface area contributed by atoms with Crippen LogP contribution in [0.4, 0.5) is 11.4 Å². The quantitative estimate of drug-likeness (QED) is 0.479. The molecule has 1 saturated heterocycles. The van der Waals surface area contributed by atoms with Crippen molar-refractivity contribution in [3.63, 3.8) is 0 Å². The van der Waals surface area contributed by atoms with Crippen LogP contribution in [-0.4, -0.2) is 38.8 Å². The normalized spacial score (nSPS) is 18.4. The topological polar surface area (TPSA) is 126 Å². The molecule has 1 aliphatic heterocycles. The second-order valence-electron chi connectivity index (χ2n) is 7.37. The number of ether oxygens (including phenoxy) is 1. The van der Waals surface area contributed by atoms with Gasteiger partial charge < -0.3 is 10.1 Å². The number of benzene rings is 2. The lowest BCUT2D eigenvalue weighted by Gasteiger charge is -2.20. The highest BCUT2D eigenvalue weighted by atomic mass is 32.2. The summed E-state index contributed by atoms with van der Waals surface area (Å²) in [4.78, 5) is 24.7. The third-order valence-corrected chi connectivity index (χ3v) is 6.36. The van der Waals surface area contributed by atoms with Crippen molar-refractivity contribution in [3.8, 4) is 0 Å². The maximum atomic E-state index is 13.0. The van der Waals surface area contributed by atoms with Crippen LogP contribution in [0.25, 0.3) is 0 Å². The molecule has 2 aromatic rings. The first-order valence-electron chi connectivity index (χ1n) is 9.86. The smallest absolute Gasteiger partial charge is 0.338 e.